The van der Waals surface area contributed by atoms with Crippen molar-refractivity contribution in [3.63, 3.8) is 0 Å². The summed E-state index contributed by atoms with van der Waals surface area (Å²) in [5.74, 6) is 0. The maximum absolute atomic E-state index is 9.30. The van der Waals surface area contributed by atoms with Crippen LogP contribution in [0.4, 0.5) is 0 Å². The minimum Gasteiger partial charge on any atom is -0.395 e. The van der Waals surface area contributed by atoms with Crippen molar-refractivity contribution in [2.75, 3.05) is 20.2 Å². The van der Waals surface area contributed by atoms with Crippen LogP contribution in [-0.2, 0) is 6.54 Å². The smallest absolute Gasteiger partial charge is 0.0584 e. The molecule has 0 radical (unpaired) electrons. The van der Waals surface area contributed by atoms with Crippen LogP contribution in [0.3, 0.4) is 0 Å². The molecule has 0 saturated heterocycles. The third-order valence-electron chi connectivity index (χ3n) is 3.78. The van der Waals surface area contributed by atoms with Crippen LogP contribution in [-0.4, -0.2) is 36.2 Å². The van der Waals surface area contributed by atoms with E-state index in [2.05, 4.69) is 48.5 Å². The van der Waals surface area contributed by atoms with Crippen LogP contribution < -0.4 is 5.32 Å². The average molecular weight is 234 g/mol. The summed E-state index contributed by atoms with van der Waals surface area (Å²) in [7, 11) is 2.10. The van der Waals surface area contributed by atoms with E-state index in [4.69, 9.17) is 0 Å². The summed E-state index contributed by atoms with van der Waals surface area (Å²) in [4.78, 5) is 2.28. The Morgan fingerprint density at radius 3 is 3.00 bits per heavy atom. The number of nitrogens with one attached hydrogen (secondary N) is 1. The second-order valence-electron chi connectivity index (χ2n) is 4.88. The molecule has 0 aromatic heterocycles. The Hall–Kier alpha value is -0.900. The van der Waals surface area contributed by atoms with Gasteiger partial charge in [0.1, 0.15) is 0 Å². The molecular formula is C14H22N2O. The van der Waals surface area contributed by atoms with Gasteiger partial charge in [0.2, 0.25) is 0 Å². The zero-order valence-electron chi connectivity index (χ0n) is 10.7. The highest BCUT2D eigenvalue weighted by Crippen LogP contribution is 2.29. The van der Waals surface area contributed by atoms with Gasteiger partial charge in [-0.3, -0.25) is 4.90 Å². The third-order valence-corrected chi connectivity index (χ3v) is 3.78. The van der Waals surface area contributed by atoms with Crippen LogP contribution in [0.25, 0.3) is 0 Å². The maximum atomic E-state index is 9.30. The molecular weight excluding hydrogens is 212 g/mol. The van der Waals surface area contributed by atoms with Crippen molar-refractivity contribution in [3.05, 3.63) is 35.4 Å². The lowest BCUT2D eigenvalue weighted by atomic mass is 9.97. The molecule has 0 spiro atoms. The van der Waals surface area contributed by atoms with Crippen molar-refractivity contribution in [2.45, 2.75) is 32.0 Å². The molecule has 1 heterocycles. The van der Waals surface area contributed by atoms with Gasteiger partial charge in [0, 0.05) is 18.6 Å². The van der Waals surface area contributed by atoms with Gasteiger partial charge in [-0.15, -0.1) is 0 Å². The van der Waals surface area contributed by atoms with E-state index >= 15 is 0 Å². The van der Waals surface area contributed by atoms with Crippen LogP contribution in [0.1, 0.15) is 30.5 Å². The Morgan fingerprint density at radius 2 is 2.24 bits per heavy atom. The fourth-order valence-electron chi connectivity index (χ4n) is 2.50. The molecule has 0 fully saturated rings. The standard InChI is InChI=1S/C14H22N2O/c1-11(10-17)16(2)14-7-8-15-9-12-5-3-4-6-13(12)14/h3-6,11,14-15,17H,7-10H2,1-2H3. The summed E-state index contributed by atoms with van der Waals surface area (Å²) >= 11 is 0. The van der Waals surface area contributed by atoms with Crippen molar-refractivity contribution in [2.24, 2.45) is 0 Å². The van der Waals surface area contributed by atoms with Gasteiger partial charge in [0.25, 0.3) is 0 Å². The molecule has 17 heavy (non-hydrogen) atoms. The topological polar surface area (TPSA) is 35.5 Å². The van der Waals surface area contributed by atoms with Gasteiger partial charge >= 0.3 is 0 Å². The fourth-order valence-corrected chi connectivity index (χ4v) is 2.50. The summed E-state index contributed by atoms with van der Waals surface area (Å²) in [5, 5.41) is 12.8. The second-order valence-corrected chi connectivity index (χ2v) is 4.88. The van der Waals surface area contributed by atoms with Crippen molar-refractivity contribution >= 4 is 0 Å². The minimum atomic E-state index is 0.200. The molecule has 2 atom stereocenters. The number of benzene rings is 1. The van der Waals surface area contributed by atoms with E-state index in [-0.39, 0.29) is 12.6 Å². The molecule has 2 rings (SSSR count). The highest BCUT2D eigenvalue weighted by atomic mass is 16.3. The van der Waals surface area contributed by atoms with E-state index in [1.165, 1.54) is 11.1 Å². The molecule has 2 unspecified atom stereocenters. The number of hydrogen-bond donors (Lipinski definition) is 2. The first kappa shape index (κ1) is 12.6. The van der Waals surface area contributed by atoms with Gasteiger partial charge in [-0.25, -0.2) is 0 Å². The number of hydrogen-bond acceptors (Lipinski definition) is 3. The number of aliphatic hydroxyl groups excluding tert-OH is 1. The monoisotopic (exact) mass is 234 g/mol. The van der Waals surface area contributed by atoms with Crippen molar-refractivity contribution in [1.29, 1.82) is 0 Å². The first-order valence-corrected chi connectivity index (χ1v) is 6.35. The number of aliphatic hydroxyl groups is 1. The van der Waals surface area contributed by atoms with Gasteiger partial charge < -0.3 is 10.4 Å². The zero-order chi connectivity index (χ0) is 12.3. The molecule has 0 saturated carbocycles. The number of nitrogens with zero attached hydrogens (tertiary/aromatic N) is 1. The lowest BCUT2D eigenvalue weighted by molar-refractivity contribution is 0.116. The van der Waals surface area contributed by atoms with E-state index in [0.717, 1.165) is 19.5 Å². The van der Waals surface area contributed by atoms with E-state index in [1.54, 1.807) is 0 Å². The highest BCUT2D eigenvalue weighted by molar-refractivity contribution is 5.31. The number of fused-ring (bicyclic) bond motifs is 1. The molecule has 94 valence electrons. The Labute approximate surface area is 103 Å². The SMILES string of the molecule is CC(CO)N(C)C1CCNCc2ccccc21. The Bertz CT molecular complexity index is 367. The third kappa shape index (κ3) is 2.68. The van der Waals surface area contributed by atoms with E-state index in [0.29, 0.717) is 6.04 Å². The quantitative estimate of drug-likeness (QED) is 0.832. The zero-order valence-corrected chi connectivity index (χ0v) is 10.7. The Kier molecular flexibility index (Phi) is 4.15. The van der Waals surface area contributed by atoms with Gasteiger partial charge in [-0.1, -0.05) is 24.3 Å². The van der Waals surface area contributed by atoms with Crippen LogP contribution in [0.5, 0.6) is 0 Å². The predicted molar refractivity (Wildman–Crippen MR) is 69.8 cm³/mol. The van der Waals surface area contributed by atoms with Crippen LogP contribution in [0.15, 0.2) is 24.3 Å². The predicted octanol–water partition coefficient (Wildman–Crippen LogP) is 1.53. The van der Waals surface area contributed by atoms with Crippen LogP contribution >= 0.6 is 0 Å². The average Bonchev–Trinajstić information content (AvgIpc) is 2.59. The molecule has 1 aliphatic rings. The Morgan fingerprint density at radius 1 is 1.47 bits per heavy atom. The maximum Gasteiger partial charge on any atom is 0.0584 e. The van der Waals surface area contributed by atoms with Crippen molar-refractivity contribution < 1.29 is 5.11 Å². The van der Waals surface area contributed by atoms with Crippen LogP contribution in [0.2, 0.25) is 0 Å². The van der Waals surface area contributed by atoms with E-state index in [9.17, 15) is 5.11 Å². The summed E-state index contributed by atoms with van der Waals surface area (Å²) in [6, 6.07) is 9.22. The lowest BCUT2D eigenvalue weighted by Crippen LogP contribution is -2.36. The first-order valence-electron chi connectivity index (χ1n) is 6.35. The molecule has 0 bridgehead atoms. The Balaban J connectivity index is 2.28. The normalized spacial score (nSPS) is 22.0. The number of rotatable bonds is 3. The van der Waals surface area contributed by atoms with Gasteiger partial charge in [-0.2, -0.15) is 0 Å². The van der Waals surface area contributed by atoms with Gasteiger partial charge in [-0.05, 0) is 38.1 Å². The van der Waals surface area contributed by atoms with Crippen molar-refractivity contribution in [1.82, 2.24) is 10.2 Å². The summed E-state index contributed by atoms with van der Waals surface area (Å²) in [6.07, 6.45) is 1.10. The fraction of sp³-hybridized carbons (Fsp3) is 0.571. The summed E-state index contributed by atoms with van der Waals surface area (Å²) < 4.78 is 0. The van der Waals surface area contributed by atoms with E-state index < -0.39 is 0 Å². The molecule has 1 aromatic carbocycles. The van der Waals surface area contributed by atoms with Gasteiger partial charge in [0.15, 0.2) is 0 Å². The lowest BCUT2D eigenvalue weighted by Gasteiger charge is -2.32. The minimum absolute atomic E-state index is 0.200. The van der Waals surface area contributed by atoms with Gasteiger partial charge in [0.05, 0.1) is 6.61 Å². The van der Waals surface area contributed by atoms with Crippen LogP contribution in [0, 0.1) is 0 Å². The van der Waals surface area contributed by atoms with E-state index in [1.807, 2.05) is 0 Å². The molecule has 0 aliphatic carbocycles. The number of likely N-dealkylation sites (N-methyl/N-ethyl adjacent to an activating group) is 1. The summed E-state index contributed by atoms with van der Waals surface area (Å²) in [5.41, 5.74) is 2.78. The largest absolute Gasteiger partial charge is 0.395 e. The molecule has 2 N–H and O–H groups in total. The second kappa shape index (κ2) is 5.63. The molecule has 3 heteroatoms. The molecule has 3 nitrogen and oxygen atoms in total. The molecule has 1 aliphatic heterocycles. The first-order chi connectivity index (χ1) is 8.24. The summed E-state index contributed by atoms with van der Waals surface area (Å²) in [6.45, 7) is 4.26. The van der Waals surface area contributed by atoms with Crippen molar-refractivity contribution in [3.8, 4) is 0 Å². The molecule has 1 aromatic rings. The highest BCUT2D eigenvalue weighted by Gasteiger charge is 2.24. The molecule has 0 amide bonds.